The fourth-order valence-electron chi connectivity index (χ4n) is 7.52. The van der Waals surface area contributed by atoms with E-state index in [1.165, 1.54) is 33.9 Å². The summed E-state index contributed by atoms with van der Waals surface area (Å²) < 4.78 is 5.49. The van der Waals surface area contributed by atoms with Gasteiger partial charge in [-0.2, -0.15) is 0 Å². The minimum atomic E-state index is -0.00376. The molecular weight excluding hydrogens is 591 g/mol. The smallest absolute Gasteiger partial charge is 0.230 e. The van der Waals surface area contributed by atoms with E-state index in [1.54, 1.807) is 18.4 Å². The highest BCUT2D eigenvalue weighted by atomic mass is 32.1. The van der Waals surface area contributed by atoms with E-state index in [1.807, 2.05) is 6.20 Å². The third-order valence-corrected chi connectivity index (χ3v) is 11.7. The molecule has 0 radical (unpaired) electrons. The van der Waals surface area contributed by atoms with Crippen molar-refractivity contribution in [2.75, 3.05) is 18.6 Å². The molecule has 3 aliphatic rings. The summed E-state index contributed by atoms with van der Waals surface area (Å²) in [6, 6.07) is 15.4. The van der Waals surface area contributed by atoms with Crippen molar-refractivity contribution in [1.29, 1.82) is 0 Å². The Morgan fingerprint density at radius 1 is 0.957 bits per heavy atom. The number of nitrogens with one attached hydrogen (secondary N) is 1. The molecule has 3 aliphatic carbocycles. The second-order valence-electron chi connectivity index (χ2n) is 14.0. The minimum absolute atomic E-state index is 0.00376. The fraction of sp³-hybridized carbons (Fsp3) is 0.564. The number of unbranched alkanes of at least 4 members (excludes halogenated alkanes) is 1. The quantitative estimate of drug-likeness (QED) is 0.214. The lowest BCUT2D eigenvalue weighted by Crippen LogP contribution is -2.44. The number of methoxy groups -OCH3 is 1. The van der Waals surface area contributed by atoms with Crippen LogP contribution in [0.3, 0.4) is 0 Å². The van der Waals surface area contributed by atoms with Crippen molar-refractivity contribution >= 4 is 28.8 Å². The van der Waals surface area contributed by atoms with E-state index in [9.17, 15) is 9.59 Å². The van der Waals surface area contributed by atoms with Crippen LogP contribution in [0.25, 0.3) is 10.4 Å². The average molecular weight is 642 g/mol. The van der Waals surface area contributed by atoms with Gasteiger partial charge in [-0.25, -0.2) is 4.98 Å². The van der Waals surface area contributed by atoms with E-state index in [-0.39, 0.29) is 23.8 Å². The fourth-order valence-corrected chi connectivity index (χ4v) is 8.61. The molecule has 0 atom stereocenters. The second kappa shape index (κ2) is 15.1. The molecule has 1 heterocycles. The number of rotatable bonds is 12. The van der Waals surface area contributed by atoms with Gasteiger partial charge in [0.05, 0.1) is 17.0 Å². The minimum Gasteiger partial charge on any atom is -0.496 e. The summed E-state index contributed by atoms with van der Waals surface area (Å²) in [6.07, 6.45) is 15.0. The van der Waals surface area contributed by atoms with E-state index in [4.69, 9.17) is 9.72 Å². The largest absolute Gasteiger partial charge is 0.496 e. The number of carbonyl (C=O) groups excluding carboxylic acids is 2. The number of hydrogen-bond acceptors (Lipinski definition) is 5. The number of amides is 2. The summed E-state index contributed by atoms with van der Waals surface area (Å²) in [7, 11) is 1.73. The van der Waals surface area contributed by atoms with Crippen LogP contribution >= 0.6 is 11.3 Å². The van der Waals surface area contributed by atoms with Gasteiger partial charge in [-0.15, -0.1) is 11.3 Å². The topological polar surface area (TPSA) is 71.5 Å². The number of anilines is 1. The van der Waals surface area contributed by atoms with Gasteiger partial charge in [0.25, 0.3) is 0 Å². The van der Waals surface area contributed by atoms with Crippen LogP contribution in [-0.4, -0.2) is 36.5 Å². The monoisotopic (exact) mass is 641 g/mol. The lowest BCUT2D eigenvalue weighted by molar-refractivity contribution is -0.124. The molecule has 2 amide bonds. The first kappa shape index (κ1) is 32.7. The maximum absolute atomic E-state index is 14.4. The molecule has 46 heavy (non-hydrogen) atoms. The Morgan fingerprint density at radius 3 is 2.41 bits per heavy atom. The molecule has 3 aromatic rings. The van der Waals surface area contributed by atoms with E-state index in [0.717, 1.165) is 87.8 Å². The Balaban J connectivity index is 1.15. The van der Waals surface area contributed by atoms with E-state index < -0.39 is 0 Å². The number of benzene rings is 2. The van der Waals surface area contributed by atoms with Gasteiger partial charge in [0.15, 0.2) is 0 Å². The summed E-state index contributed by atoms with van der Waals surface area (Å²) in [5, 5.41) is 4.48. The summed E-state index contributed by atoms with van der Waals surface area (Å²) in [5.74, 6) is 3.03. The molecule has 3 saturated carbocycles. The molecule has 246 valence electrons. The molecule has 3 fully saturated rings. The number of nitrogens with zero attached hydrogens (tertiary/aromatic N) is 2. The van der Waals surface area contributed by atoms with E-state index in [2.05, 4.69) is 66.5 Å². The van der Waals surface area contributed by atoms with Crippen LogP contribution in [0.1, 0.15) is 118 Å². The molecule has 6 nitrogen and oxygen atoms in total. The zero-order valence-electron chi connectivity index (χ0n) is 27.9. The first-order valence-corrected chi connectivity index (χ1v) is 18.5. The van der Waals surface area contributed by atoms with Gasteiger partial charge in [0.1, 0.15) is 5.75 Å². The van der Waals surface area contributed by atoms with Crippen LogP contribution in [0.2, 0.25) is 0 Å². The Morgan fingerprint density at radius 2 is 1.72 bits per heavy atom. The number of ether oxygens (including phenoxy) is 1. The number of hydrogen-bond donors (Lipinski definition) is 1. The summed E-state index contributed by atoms with van der Waals surface area (Å²) in [4.78, 5) is 34.8. The maximum atomic E-state index is 14.4. The van der Waals surface area contributed by atoms with Gasteiger partial charge in [-0.3, -0.25) is 9.59 Å². The van der Waals surface area contributed by atoms with E-state index >= 15 is 0 Å². The predicted molar refractivity (Wildman–Crippen MR) is 188 cm³/mol. The average Bonchev–Trinajstić information content (AvgIpc) is 3.82. The van der Waals surface area contributed by atoms with Gasteiger partial charge in [-0.05, 0) is 124 Å². The van der Waals surface area contributed by atoms with E-state index in [0.29, 0.717) is 24.2 Å². The molecule has 1 N–H and O–H groups in total. The van der Waals surface area contributed by atoms with Crippen LogP contribution in [-0.2, 0) is 9.59 Å². The number of thiazole rings is 1. The van der Waals surface area contributed by atoms with Crippen LogP contribution in [0.4, 0.5) is 5.69 Å². The summed E-state index contributed by atoms with van der Waals surface area (Å²) in [5.41, 5.74) is 4.76. The van der Waals surface area contributed by atoms with Crippen LogP contribution in [0.5, 0.6) is 5.75 Å². The van der Waals surface area contributed by atoms with Gasteiger partial charge in [-0.1, -0.05) is 37.6 Å². The standard InChI is InChI=1S/C39H51N3O3S/c1-4-5-9-37(43)41-33-19-16-30(17-20-33)39(44)42(34-8-6-7-32(23-34)36-24-40-38(46-36)29-14-15-29)25-27-10-12-28(13-11-27)31-18-21-35(45-3)26(2)22-31/h6-8,18,21-24,27-30,33H,4-5,9-17,19-20,25H2,1-3H3,(H,41,43). The lowest BCUT2D eigenvalue weighted by atomic mass is 9.78. The van der Waals surface area contributed by atoms with Gasteiger partial charge < -0.3 is 15.0 Å². The van der Waals surface area contributed by atoms with Crippen molar-refractivity contribution < 1.29 is 14.3 Å². The highest BCUT2D eigenvalue weighted by molar-refractivity contribution is 7.15. The molecule has 0 spiro atoms. The number of aromatic nitrogens is 1. The third kappa shape index (κ3) is 8.02. The zero-order valence-corrected chi connectivity index (χ0v) is 28.7. The second-order valence-corrected chi connectivity index (χ2v) is 15.1. The predicted octanol–water partition coefficient (Wildman–Crippen LogP) is 9.18. The molecule has 0 saturated heterocycles. The Kier molecular flexibility index (Phi) is 10.8. The molecule has 0 bridgehead atoms. The first-order valence-electron chi connectivity index (χ1n) is 17.7. The Labute approximate surface area is 279 Å². The SMILES string of the molecule is CCCCC(=O)NC1CCC(C(=O)N(CC2CCC(c3ccc(OC)c(C)c3)CC2)c2cccc(-c3cnc(C4CC4)s3)c2)CC1. The van der Waals surface area contributed by atoms with Gasteiger partial charge in [0.2, 0.25) is 11.8 Å². The molecular formula is C39H51N3O3S. The normalized spacial score (nSPS) is 23.1. The third-order valence-electron chi connectivity index (χ3n) is 10.5. The maximum Gasteiger partial charge on any atom is 0.230 e. The first-order chi connectivity index (χ1) is 22.4. The van der Waals surface area contributed by atoms with Crippen molar-refractivity contribution in [3.8, 4) is 16.2 Å². The van der Waals surface area contributed by atoms with Crippen molar-refractivity contribution in [1.82, 2.24) is 10.3 Å². The Hall–Kier alpha value is -3.19. The zero-order chi connectivity index (χ0) is 32.0. The molecule has 1 aromatic heterocycles. The molecule has 0 aliphatic heterocycles. The van der Waals surface area contributed by atoms with Crippen LogP contribution in [0.15, 0.2) is 48.7 Å². The number of carbonyl (C=O) groups is 2. The van der Waals surface area contributed by atoms with Gasteiger partial charge >= 0.3 is 0 Å². The van der Waals surface area contributed by atoms with Crippen molar-refractivity contribution in [2.24, 2.45) is 11.8 Å². The molecule has 2 aromatic carbocycles. The van der Waals surface area contributed by atoms with Crippen molar-refractivity contribution in [2.45, 2.75) is 115 Å². The Bertz CT molecular complexity index is 1480. The highest BCUT2D eigenvalue weighted by Crippen LogP contribution is 2.44. The molecule has 7 heteroatoms. The van der Waals surface area contributed by atoms with Crippen LogP contribution < -0.4 is 15.0 Å². The van der Waals surface area contributed by atoms with Gasteiger partial charge in [0, 0.05) is 42.7 Å². The highest BCUT2D eigenvalue weighted by Gasteiger charge is 2.33. The summed E-state index contributed by atoms with van der Waals surface area (Å²) >= 11 is 1.80. The lowest BCUT2D eigenvalue weighted by Gasteiger charge is -2.36. The van der Waals surface area contributed by atoms with Crippen LogP contribution in [0, 0.1) is 18.8 Å². The van der Waals surface area contributed by atoms with Crippen molar-refractivity contribution in [3.05, 3.63) is 64.8 Å². The molecule has 0 unspecified atom stereocenters. The molecule has 6 rings (SSSR count). The van der Waals surface area contributed by atoms with Crippen molar-refractivity contribution in [3.63, 3.8) is 0 Å². The number of aryl methyl sites for hydroxylation is 1. The summed E-state index contributed by atoms with van der Waals surface area (Å²) in [6.45, 7) is 5.00.